The zero-order valence-corrected chi connectivity index (χ0v) is 19.1. The molecule has 0 atom stereocenters. The van der Waals surface area contributed by atoms with E-state index >= 15 is 0 Å². The molecule has 3 rings (SSSR count). The number of hydrogen-bond acceptors (Lipinski definition) is 5. The predicted molar refractivity (Wildman–Crippen MR) is 125 cm³/mol. The third-order valence-corrected chi connectivity index (χ3v) is 5.63. The molecule has 6 nitrogen and oxygen atoms in total. The third kappa shape index (κ3) is 6.37. The molecule has 1 fully saturated rings. The lowest BCUT2D eigenvalue weighted by molar-refractivity contribution is -0.116. The maximum atomic E-state index is 12.2. The van der Waals surface area contributed by atoms with Gasteiger partial charge in [-0.3, -0.25) is 4.79 Å². The largest absolute Gasteiger partial charge is 0.491 e. The van der Waals surface area contributed by atoms with Gasteiger partial charge in [0.1, 0.15) is 5.82 Å². The van der Waals surface area contributed by atoms with E-state index in [0.29, 0.717) is 29.7 Å². The molecule has 0 saturated carbocycles. The van der Waals surface area contributed by atoms with Gasteiger partial charge in [0.15, 0.2) is 11.5 Å². The minimum atomic E-state index is -0.195. The van der Waals surface area contributed by atoms with Gasteiger partial charge in [0.05, 0.1) is 18.7 Å². The Morgan fingerprint density at radius 3 is 2.74 bits per heavy atom. The highest BCUT2D eigenvalue weighted by Crippen LogP contribution is 2.36. The summed E-state index contributed by atoms with van der Waals surface area (Å²) in [6.07, 6.45) is 7.41. The van der Waals surface area contributed by atoms with E-state index < -0.39 is 0 Å². The maximum absolute atomic E-state index is 12.2. The number of piperidine rings is 1. The lowest BCUT2D eigenvalue weighted by atomic mass is 9.99. The van der Waals surface area contributed by atoms with Crippen molar-refractivity contribution in [2.75, 3.05) is 31.7 Å². The Balaban J connectivity index is 1.54. The summed E-state index contributed by atoms with van der Waals surface area (Å²) >= 11 is 6.25. The molecule has 2 heterocycles. The molecular weight excluding hydrogens is 414 g/mol. The summed E-state index contributed by atoms with van der Waals surface area (Å²) in [4.78, 5) is 19.1. The highest BCUT2D eigenvalue weighted by molar-refractivity contribution is 6.32. The standard InChI is InChI=1S/C24H30ClN3O3/c1-4-31-21-14-18(13-20(25)24(21)30-3)6-8-23(29)27-16-19-5-7-22(26-15-19)28-11-9-17(2)10-12-28/h5-8,13-15,17H,4,9-12,16H2,1-3H3,(H,27,29). The van der Waals surface area contributed by atoms with Crippen LogP contribution in [0.2, 0.25) is 5.02 Å². The van der Waals surface area contributed by atoms with Gasteiger partial charge in [-0.25, -0.2) is 4.98 Å². The number of carbonyl (C=O) groups excluding carboxylic acids is 1. The predicted octanol–water partition coefficient (Wildman–Crippen LogP) is 4.71. The first kappa shape index (κ1) is 22.9. The molecule has 1 N–H and O–H groups in total. The van der Waals surface area contributed by atoms with E-state index in [1.807, 2.05) is 25.3 Å². The monoisotopic (exact) mass is 443 g/mol. The quantitative estimate of drug-likeness (QED) is 0.598. The van der Waals surface area contributed by atoms with E-state index in [0.717, 1.165) is 36.0 Å². The molecule has 0 unspecified atom stereocenters. The Morgan fingerprint density at radius 2 is 2.10 bits per heavy atom. The van der Waals surface area contributed by atoms with Crippen LogP contribution in [0, 0.1) is 5.92 Å². The minimum Gasteiger partial charge on any atom is -0.491 e. The van der Waals surface area contributed by atoms with Crippen LogP contribution in [0.5, 0.6) is 11.5 Å². The van der Waals surface area contributed by atoms with Crippen LogP contribution in [-0.2, 0) is 11.3 Å². The van der Waals surface area contributed by atoms with Gasteiger partial charge < -0.3 is 19.7 Å². The van der Waals surface area contributed by atoms with Crippen molar-refractivity contribution in [2.45, 2.75) is 33.2 Å². The number of methoxy groups -OCH3 is 1. The van der Waals surface area contributed by atoms with Gasteiger partial charge in [0.2, 0.25) is 5.91 Å². The van der Waals surface area contributed by atoms with Gasteiger partial charge in [-0.05, 0) is 61.1 Å². The van der Waals surface area contributed by atoms with Crippen molar-refractivity contribution < 1.29 is 14.3 Å². The van der Waals surface area contributed by atoms with Gasteiger partial charge in [-0.15, -0.1) is 0 Å². The van der Waals surface area contributed by atoms with Crippen LogP contribution >= 0.6 is 11.6 Å². The SMILES string of the molecule is CCOc1cc(C=CC(=O)NCc2ccc(N3CCC(C)CC3)nc2)cc(Cl)c1OC. The summed E-state index contributed by atoms with van der Waals surface area (Å²) < 4.78 is 10.8. The van der Waals surface area contributed by atoms with Crippen LogP contribution in [-0.4, -0.2) is 37.7 Å². The number of halogens is 1. The van der Waals surface area contributed by atoms with Gasteiger partial charge in [0, 0.05) is 31.9 Å². The van der Waals surface area contributed by atoms with E-state index in [-0.39, 0.29) is 5.91 Å². The van der Waals surface area contributed by atoms with Crippen LogP contribution in [0.25, 0.3) is 6.08 Å². The van der Waals surface area contributed by atoms with Crippen LogP contribution in [0.3, 0.4) is 0 Å². The smallest absolute Gasteiger partial charge is 0.244 e. The Hall–Kier alpha value is -2.73. The average molecular weight is 444 g/mol. The molecule has 1 amide bonds. The second-order valence-corrected chi connectivity index (χ2v) is 8.12. The summed E-state index contributed by atoms with van der Waals surface area (Å²) in [6, 6.07) is 7.57. The van der Waals surface area contributed by atoms with Gasteiger partial charge >= 0.3 is 0 Å². The first-order valence-corrected chi connectivity index (χ1v) is 11.0. The third-order valence-electron chi connectivity index (χ3n) is 5.35. The number of nitrogens with one attached hydrogen (secondary N) is 1. The van der Waals surface area contributed by atoms with Crippen molar-refractivity contribution >= 4 is 29.4 Å². The van der Waals surface area contributed by atoms with E-state index in [2.05, 4.69) is 22.1 Å². The van der Waals surface area contributed by atoms with E-state index in [4.69, 9.17) is 21.1 Å². The molecule has 1 aromatic heterocycles. The Morgan fingerprint density at radius 1 is 1.32 bits per heavy atom. The highest BCUT2D eigenvalue weighted by Gasteiger charge is 2.16. The zero-order chi connectivity index (χ0) is 22.2. The van der Waals surface area contributed by atoms with Gasteiger partial charge in [-0.2, -0.15) is 0 Å². The number of rotatable bonds is 8. The van der Waals surface area contributed by atoms with Gasteiger partial charge in [-0.1, -0.05) is 24.6 Å². The number of ether oxygens (including phenoxy) is 2. The molecule has 1 aromatic carbocycles. The first-order chi connectivity index (χ1) is 15.0. The summed E-state index contributed by atoms with van der Waals surface area (Å²) in [7, 11) is 1.54. The van der Waals surface area contributed by atoms with Crippen molar-refractivity contribution in [3.05, 3.63) is 52.7 Å². The lowest BCUT2D eigenvalue weighted by Gasteiger charge is -2.31. The van der Waals surface area contributed by atoms with E-state index in [9.17, 15) is 4.79 Å². The number of pyridine rings is 1. The van der Waals surface area contributed by atoms with Crippen LogP contribution in [0.15, 0.2) is 36.5 Å². The number of amides is 1. The number of hydrogen-bond donors (Lipinski definition) is 1. The molecular formula is C24H30ClN3O3. The molecule has 1 aliphatic rings. The number of nitrogens with zero attached hydrogens (tertiary/aromatic N) is 2. The summed E-state index contributed by atoms with van der Waals surface area (Å²) in [5, 5.41) is 3.32. The van der Waals surface area contributed by atoms with Crippen molar-refractivity contribution in [3.8, 4) is 11.5 Å². The second kappa shape index (κ2) is 11.0. The lowest BCUT2D eigenvalue weighted by Crippen LogP contribution is -2.33. The van der Waals surface area contributed by atoms with Crippen molar-refractivity contribution in [1.82, 2.24) is 10.3 Å². The fourth-order valence-electron chi connectivity index (χ4n) is 3.51. The first-order valence-electron chi connectivity index (χ1n) is 10.7. The number of aromatic nitrogens is 1. The molecule has 0 radical (unpaired) electrons. The fourth-order valence-corrected chi connectivity index (χ4v) is 3.81. The van der Waals surface area contributed by atoms with E-state index in [1.165, 1.54) is 18.9 Å². The molecule has 1 saturated heterocycles. The molecule has 166 valence electrons. The van der Waals surface area contributed by atoms with Crippen LogP contribution in [0.4, 0.5) is 5.82 Å². The average Bonchev–Trinajstić information content (AvgIpc) is 2.77. The highest BCUT2D eigenvalue weighted by atomic mass is 35.5. The Bertz CT molecular complexity index is 907. The fraction of sp³-hybridized carbons (Fsp3) is 0.417. The molecule has 31 heavy (non-hydrogen) atoms. The topological polar surface area (TPSA) is 63.7 Å². The summed E-state index contributed by atoms with van der Waals surface area (Å²) in [6.45, 7) is 7.19. The molecule has 1 aliphatic heterocycles. The van der Waals surface area contributed by atoms with E-state index in [1.54, 1.807) is 25.3 Å². The summed E-state index contributed by atoms with van der Waals surface area (Å²) in [5.74, 6) is 2.63. The summed E-state index contributed by atoms with van der Waals surface area (Å²) in [5.41, 5.74) is 1.72. The Labute approximate surface area is 189 Å². The minimum absolute atomic E-state index is 0.195. The number of anilines is 1. The molecule has 0 aliphatic carbocycles. The maximum Gasteiger partial charge on any atom is 0.244 e. The molecule has 0 bridgehead atoms. The number of benzene rings is 1. The molecule has 0 spiro atoms. The number of carbonyl (C=O) groups is 1. The van der Waals surface area contributed by atoms with Gasteiger partial charge in [0.25, 0.3) is 0 Å². The Kier molecular flexibility index (Phi) is 8.18. The van der Waals surface area contributed by atoms with Crippen molar-refractivity contribution in [3.63, 3.8) is 0 Å². The molecule has 2 aromatic rings. The second-order valence-electron chi connectivity index (χ2n) is 7.71. The normalized spacial score (nSPS) is 14.6. The van der Waals surface area contributed by atoms with Crippen LogP contribution < -0.4 is 19.7 Å². The van der Waals surface area contributed by atoms with Crippen LogP contribution in [0.1, 0.15) is 37.8 Å². The zero-order valence-electron chi connectivity index (χ0n) is 18.4. The van der Waals surface area contributed by atoms with Crippen molar-refractivity contribution in [2.24, 2.45) is 5.92 Å². The van der Waals surface area contributed by atoms with Crippen molar-refractivity contribution in [1.29, 1.82) is 0 Å². The molecule has 7 heteroatoms.